The number of nitrogens with zero attached hydrogens (tertiary/aromatic N) is 1. The number of hydrogen-bond donors (Lipinski definition) is 1. The lowest BCUT2D eigenvalue weighted by molar-refractivity contribution is -0.143. The number of anilines is 1. The first-order valence-corrected chi connectivity index (χ1v) is 10.2. The second kappa shape index (κ2) is 8.98. The Morgan fingerprint density at radius 2 is 1.50 bits per heavy atom. The van der Waals surface area contributed by atoms with Gasteiger partial charge in [0.05, 0.1) is 16.0 Å². The van der Waals surface area contributed by atoms with Crippen LogP contribution in [0.1, 0.15) is 16.7 Å². The molecule has 6 nitrogen and oxygen atoms in total. The van der Waals surface area contributed by atoms with Gasteiger partial charge in [0.1, 0.15) is 5.75 Å². The van der Waals surface area contributed by atoms with E-state index in [0.717, 1.165) is 4.31 Å². The van der Waals surface area contributed by atoms with Crippen molar-refractivity contribution in [2.45, 2.75) is 24.2 Å². The number of nitrogens with one attached hydrogen (secondary N) is 1. The molecule has 0 unspecified atom stereocenters. The minimum Gasteiger partial charge on any atom is -0.483 e. The first-order valence-electron chi connectivity index (χ1n) is 8.77. The van der Waals surface area contributed by atoms with Gasteiger partial charge in [-0.05, 0) is 48.9 Å². The topological polar surface area (TPSA) is 75.7 Å². The summed E-state index contributed by atoms with van der Waals surface area (Å²) >= 11 is 0. The Hall–Kier alpha value is -2.80. The molecule has 0 bridgehead atoms. The zero-order chi connectivity index (χ0) is 24.5. The fraction of sp³-hybridized carbons (Fsp3) is 0.316. The van der Waals surface area contributed by atoms with Crippen LogP contribution >= 0.6 is 0 Å². The Bertz CT molecular complexity index is 1080. The number of ether oxygens (including phenoxy) is 1. The van der Waals surface area contributed by atoms with Crippen molar-refractivity contribution in [1.29, 1.82) is 0 Å². The highest BCUT2D eigenvalue weighted by Gasteiger charge is 2.37. The Balaban J connectivity index is 2.17. The van der Waals surface area contributed by atoms with Crippen molar-refractivity contribution >= 4 is 21.6 Å². The molecule has 2 aromatic carbocycles. The van der Waals surface area contributed by atoms with Gasteiger partial charge in [0.15, 0.2) is 6.61 Å². The molecule has 32 heavy (non-hydrogen) atoms. The van der Waals surface area contributed by atoms with E-state index in [1.54, 1.807) is 0 Å². The molecule has 1 amide bonds. The SMILES string of the molecule is Cc1cc(S(=O)(=O)N(C)C)ccc1OCC(=O)Nc1cc(C(F)(F)F)cc(C(F)(F)F)c1. The minimum atomic E-state index is -5.05. The zero-order valence-corrected chi connectivity index (χ0v) is 17.7. The van der Waals surface area contributed by atoms with Crippen LogP contribution in [0.5, 0.6) is 5.75 Å². The van der Waals surface area contributed by atoms with Gasteiger partial charge in [0, 0.05) is 19.8 Å². The highest BCUT2D eigenvalue weighted by molar-refractivity contribution is 7.89. The first-order chi connectivity index (χ1) is 14.5. The number of amides is 1. The van der Waals surface area contributed by atoms with Crippen LogP contribution < -0.4 is 10.1 Å². The van der Waals surface area contributed by atoms with Crippen molar-refractivity contribution in [3.05, 3.63) is 53.1 Å². The van der Waals surface area contributed by atoms with Crippen molar-refractivity contribution in [3.63, 3.8) is 0 Å². The number of rotatable bonds is 6. The Labute approximate surface area is 179 Å². The standard InChI is InChI=1S/C19H18F6N2O4S/c1-11-6-15(32(29,30)27(2)3)4-5-16(11)31-10-17(28)26-14-8-12(18(20,21)22)7-13(9-14)19(23,24)25/h4-9H,10H2,1-3H3,(H,26,28). The van der Waals surface area contributed by atoms with Gasteiger partial charge in [0.25, 0.3) is 5.91 Å². The molecule has 0 aliphatic carbocycles. The van der Waals surface area contributed by atoms with Crippen molar-refractivity contribution in [3.8, 4) is 5.75 Å². The van der Waals surface area contributed by atoms with Gasteiger partial charge in [-0.25, -0.2) is 12.7 Å². The average molecular weight is 484 g/mol. The predicted octanol–water partition coefficient (Wildman–Crippen LogP) is 4.30. The van der Waals surface area contributed by atoms with E-state index in [-0.39, 0.29) is 16.7 Å². The number of carbonyl (C=O) groups excluding carboxylic acids is 1. The molecule has 0 saturated carbocycles. The molecule has 0 aliphatic rings. The number of aryl methyl sites for hydroxylation is 1. The molecule has 0 spiro atoms. The fourth-order valence-corrected chi connectivity index (χ4v) is 3.51. The predicted molar refractivity (Wildman–Crippen MR) is 103 cm³/mol. The van der Waals surface area contributed by atoms with Crippen LogP contribution in [0.4, 0.5) is 32.0 Å². The average Bonchev–Trinajstić information content (AvgIpc) is 2.65. The van der Waals surface area contributed by atoms with Gasteiger partial charge in [0.2, 0.25) is 10.0 Å². The third kappa shape index (κ3) is 6.13. The number of sulfonamides is 1. The van der Waals surface area contributed by atoms with Gasteiger partial charge in [-0.3, -0.25) is 4.79 Å². The van der Waals surface area contributed by atoms with Crippen LogP contribution in [0.15, 0.2) is 41.3 Å². The summed E-state index contributed by atoms with van der Waals surface area (Å²) in [6, 6.07) is 4.51. The highest BCUT2D eigenvalue weighted by atomic mass is 32.2. The molecule has 176 valence electrons. The number of alkyl halides is 6. The fourth-order valence-electron chi connectivity index (χ4n) is 2.52. The van der Waals surface area contributed by atoms with Crippen LogP contribution in [0, 0.1) is 6.92 Å². The van der Waals surface area contributed by atoms with Crippen molar-refractivity contribution in [2.75, 3.05) is 26.0 Å². The molecule has 0 radical (unpaired) electrons. The molecule has 0 aliphatic heterocycles. The van der Waals surface area contributed by atoms with E-state index in [1.807, 2.05) is 5.32 Å². The molecule has 2 rings (SSSR count). The minimum absolute atomic E-state index is 0.0274. The third-order valence-corrected chi connectivity index (χ3v) is 5.97. The number of hydrogen-bond acceptors (Lipinski definition) is 4. The van der Waals surface area contributed by atoms with Gasteiger partial charge in [-0.15, -0.1) is 0 Å². The molecule has 0 heterocycles. The summed E-state index contributed by atoms with van der Waals surface area (Å²) in [5.74, 6) is -0.903. The van der Waals surface area contributed by atoms with Gasteiger partial charge in [-0.1, -0.05) is 0 Å². The summed E-state index contributed by atoms with van der Waals surface area (Å²) in [7, 11) is -1.02. The van der Waals surface area contributed by atoms with Crippen molar-refractivity contribution in [1.82, 2.24) is 4.31 Å². The van der Waals surface area contributed by atoms with Crippen LogP contribution in [0.3, 0.4) is 0 Å². The van der Waals surface area contributed by atoms with Crippen LogP contribution in [-0.2, 0) is 27.2 Å². The molecule has 0 fully saturated rings. The van der Waals surface area contributed by atoms with E-state index in [9.17, 15) is 39.6 Å². The largest absolute Gasteiger partial charge is 0.483 e. The van der Waals surface area contributed by atoms with Gasteiger partial charge < -0.3 is 10.1 Å². The molecule has 0 atom stereocenters. The third-order valence-electron chi connectivity index (χ3n) is 4.16. The second-order valence-electron chi connectivity index (χ2n) is 6.85. The molecular weight excluding hydrogens is 466 g/mol. The molecule has 1 N–H and O–H groups in total. The lowest BCUT2D eigenvalue weighted by Gasteiger charge is -2.16. The van der Waals surface area contributed by atoms with Crippen molar-refractivity contribution in [2.24, 2.45) is 0 Å². The van der Waals surface area contributed by atoms with Gasteiger partial charge in [-0.2, -0.15) is 26.3 Å². The monoisotopic (exact) mass is 484 g/mol. The van der Waals surface area contributed by atoms with E-state index in [4.69, 9.17) is 4.74 Å². The van der Waals surface area contributed by atoms with Crippen LogP contribution in [0.2, 0.25) is 0 Å². The van der Waals surface area contributed by atoms with E-state index < -0.39 is 51.7 Å². The molecule has 0 saturated heterocycles. The Morgan fingerprint density at radius 3 is 1.94 bits per heavy atom. The van der Waals surface area contributed by atoms with Gasteiger partial charge >= 0.3 is 12.4 Å². The maximum absolute atomic E-state index is 12.9. The molecule has 0 aromatic heterocycles. The second-order valence-corrected chi connectivity index (χ2v) is 9.00. The number of carbonyl (C=O) groups is 1. The van der Waals surface area contributed by atoms with Crippen LogP contribution in [-0.4, -0.2) is 39.3 Å². The van der Waals surface area contributed by atoms with Crippen LogP contribution in [0.25, 0.3) is 0 Å². The highest BCUT2D eigenvalue weighted by Crippen LogP contribution is 2.37. The van der Waals surface area contributed by atoms with E-state index in [2.05, 4.69) is 0 Å². The zero-order valence-electron chi connectivity index (χ0n) is 16.9. The van der Waals surface area contributed by atoms with E-state index >= 15 is 0 Å². The summed E-state index contributed by atoms with van der Waals surface area (Å²) in [4.78, 5) is 12.0. The van der Waals surface area contributed by atoms with E-state index in [1.165, 1.54) is 39.2 Å². The molecular formula is C19H18F6N2O4S. The quantitative estimate of drug-likeness (QED) is 0.621. The van der Waals surface area contributed by atoms with E-state index in [0.29, 0.717) is 17.7 Å². The summed E-state index contributed by atoms with van der Waals surface area (Å²) in [6.07, 6.45) is -10.1. The summed E-state index contributed by atoms with van der Waals surface area (Å²) in [6.45, 7) is 0.766. The summed E-state index contributed by atoms with van der Waals surface area (Å²) in [5.41, 5.74) is -3.50. The summed E-state index contributed by atoms with van der Waals surface area (Å²) in [5, 5.41) is 1.94. The normalized spacial score (nSPS) is 12.7. The first kappa shape index (κ1) is 25.5. The smallest absolute Gasteiger partial charge is 0.416 e. The number of halogens is 6. The van der Waals surface area contributed by atoms with Crippen molar-refractivity contribution < 1.29 is 44.3 Å². The maximum Gasteiger partial charge on any atom is 0.416 e. The lowest BCUT2D eigenvalue weighted by Crippen LogP contribution is -2.23. The Kier molecular flexibility index (Phi) is 7.15. The number of benzene rings is 2. The maximum atomic E-state index is 12.9. The lowest BCUT2D eigenvalue weighted by atomic mass is 10.1. The Morgan fingerprint density at radius 1 is 0.969 bits per heavy atom. The molecule has 13 heteroatoms. The summed E-state index contributed by atoms with van der Waals surface area (Å²) < 4.78 is 108. The molecule has 2 aromatic rings.